The third-order valence-corrected chi connectivity index (χ3v) is 5.33. The summed E-state index contributed by atoms with van der Waals surface area (Å²) in [4.78, 5) is 24.8. The van der Waals surface area contributed by atoms with Gasteiger partial charge in [0.25, 0.3) is 5.91 Å². The number of carbonyl (C=O) groups excluding carboxylic acids is 2. The Morgan fingerprint density at radius 2 is 2.00 bits per heavy atom. The first kappa shape index (κ1) is 18.5. The van der Waals surface area contributed by atoms with Gasteiger partial charge in [-0.25, -0.2) is 0 Å². The number of ether oxygens (including phenoxy) is 1. The number of carbonyl (C=O) groups is 2. The molecule has 2 aromatic rings. The second kappa shape index (κ2) is 7.63. The Labute approximate surface area is 170 Å². The maximum atomic E-state index is 12.9. The number of hydrogen-bond acceptors (Lipinski definition) is 5. The molecule has 0 bridgehead atoms. The molecule has 28 heavy (non-hydrogen) atoms. The molecule has 0 saturated heterocycles. The zero-order valence-corrected chi connectivity index (χ0v) is 16.6. The molecule has 2 unspecified atom stereocenters. The molecular formula is C20H19BrN4O3. The van der Waals surface area contributed by atoms with Crippen LogP contribution in [0.15, 0.2) is 58.1 Å². The van der Waals surface area contributed by atoms with E-state index in [2.05, 4.69) is 26.3 Å². The minimum absolute atomic E-state index is 0.171. The molecule has 144 valence electrons. The molecule has 0 spiro atoms. The van der Waals surface area contributed by atoms with Gasteiger partial charge in [-0.3, -0.25) is 14.6 Å². The lowest BCUT2D eigenvalue weighted by atomic mass is 10.00. The monoisotopic (exact) mass is 442 g/mol. The highest BCUT2D eigenvalue weighted by Crippen LogP contribution is 2.34. The molecule has 2 aliphatic heterocycles. The molecule has 2 aromatic carbocycles. The molecule has 0 fully saturated rings. The molecule has 0 radical (unpaired) electrons. The molecule has 2 aliphatic rings. The van der Waals surface area contributed by atoms with Crippen LogP contribution < -0.4 is 20.8 Å². The Kier molecular flexibility index (Phi) is 5.04. The zero-order valence-electron chi connectivity index (χ0n) is 15.0. The fourth-order valence-electron chi connectivity index (χ4n) is 3.44. The Morgan fingerprint density at radius 3 is 2.75 bits per heavy atom. The molecular weight excluding hydrogens is 424 g/mol. The number of amides is 2. The van der Waals surface area contributed by atoms with Gasteiger partial charge in [0.15, 0.2) is 0 Å². The Balaban J connectivity index is 1.56. The van der Waals surface area contributed by atoms with Gasteiger partial charge >= 0.3 is 0 Å². The average Bonchev–Trinajstić information content (AvgIpc) is 3.15. The normalized spacial score (nSPS) is 20.8. The Hall–Kier alpha value is -2.87. The summed E-state index contributed by atoms with van der Waals surface area (Å²) in [7, 11) is 0. The van der Waals surface area contributed by atoms with Gasteiger partial charge in [-0.1, -0.05) is 34.1 Å². The molecule has 0 saturated carbocycles. The minimum atomic E-state index is -0.681. The van der Waals surface area contributed by atoms with Gasteiger partial charge in [0.2, 0.25) is 5.91 Å². The number of para-hydroxylation sites is 1. The van der Waals surface area contributed by atoms with E-state index >= 15 is 0 Å². The Bertz CT molecular complexity index is 948. The zero-order chi connectivity index (χ0) is 19.7. The first-order valence-corrected chi connectivity index (χ1v) is 9.76. The largest absolute Gasteiger partial charge is 0.493 e. The average molecular weight is 443 g/mol. The molecule has 0 aromatic heterocycles. The first-order chi connectivity index (χ1) is 13.5. The van der Waals surface area contributed by atoms with E-state index in [9.17, 15) is 9.59 Å². The van der Waals surface area contributed by atoms with Crippen molar-refractivity contribution in [3.8, 4) is 5.75 Å². The van der Waals surface area contributed by atoms with E-state index in [1.165, 1.54) is 5.01 Å². The quantitative estimate of drug-likeness (QED) is 0.759. The highest BCUT2D eigenvalue weighted by atomic mass is 79.9. The van der Waals surface area contributed by atoms with E-state index in [4.69, 9.17) is 10.5 Å². The van der Waals surface area contributed by atoms with Crippen molar-refractivity contribution in [3.63, 3.8) is 0 Å². The van der Waals surface area contributed by atoms with Gasteiger partial charge in [0.05, 0.1) is 18.3 Å². The van der Waals surface area contributed by atoms with Crippen molar-refractivity contribution in [1.29, 1.82) is 0 Å². The van der Waals surface area contributed by atoms with Crippen molar-refractivity contribution < 1.29 is 14.3 Å². The van der Waals surface area contributed by atoms with Crippen LogP contribution >= 0.6 is 15.9 Å². The fourth-order valence-corrected chi connectivity index (χ4v) is 3.82. The molecule has 7 nitrogen and oxygen atoms in total. The smallest absolute Gasteiger partial charge is 0.268 e. The van der Waals surface area contributed by atoms with Crippen molar-refractivity contribution in [2.45, 2.75) is 24.9 Å². The maximum absolute atomic E-state index is 12.9. The second-order valence-electron chi connectivity index (χ2n) is 6.69. The number of nitrogens with one attached hydrogen (secondary N) is 1. The van der Waals surface area contributed by atoms with Crippen molar-refractivity contribution >= 4 is 39.1 Å². The second-order valence-corrected chi connectivity index (χ2v) is 7.61. The van der Waals surface area contributed by atoms with Gasteiger partial charge in [-0.05, 0) is 30.3 Å². The van der Waals surface area contributed by atoms with Gasteiger partial charge in [-0.15, -0.1) is 0 Å². The predicted molar refractivity (Wildman–Crippen MR) is 109 cm³/mol. The lowest BCUT2D eigenvalue weighted by Gasteiger charge is -2.26. The highest BCUT2D eigenvalue weighted by Gasteiger charge is 2.36. The van der Waals surface area contributed by atoms with Crippen LogP contribution in [0.5, 0.6) is 5.75 Å². The van der Waals surface area contributed by atoms with Crippen LogP contribution in [0.25, 0.3) is 0 Å². The number of fused-ring (bicyclic) bond motifs is 1. The highest BCUT2D eigenvalue weighted by molar-refractivity contribution is 9.10. The summed E-state index contributed by atoms with van der Waals surface area (Å²) in [5, 5.41) is 8.94. The third kappa shape index (κ3) is 3.60. The topological polar surface area (TPSA) is 97.0 Å². The number of benzene rings is 2. The molecule has 2 amide bonds. The fraction of sp³-hybridized carbons (Fsp3) is 0.250. The number of hydrogen-bond donors (Lipinski definition) is 2. The molecule has 4 rings (SSSR count). The van der Waals surface area contributed by atoms with Crippen LogP contribution in [0.4, 0.5) is 5.69 Å². The number of nitrogens with zero attached hydrogens (tertiary/aromatic N) is 2. The first-order valence-electron chi connectivity index (χ1n) is 8.97. The van der Waals surface area contributed by atoms with Gasteiger partial charge in [0, 0.05) is 22.9 Å². The van der Waals surface area contributed by atoms with E-state index in [1.807, 2.05) is 48.5 Å². The summed E-state index contributed by atoms with van der Waals surface area (Å²) in [5.74, 6) is -0.0627. The van der Waals surface area contributed by atoms with Crippen LogP contribution in [0, 0.1) is 0 Å². The summed E-state index contributed by atoms with van der Waals surface area (Å²) in [6.45, 7) is 0.520. The van der Waals surface area contributed by atoms with Gasteiger partial charge in [0.1, 0.15) is 17.5 Å². The molecule has 3 N–H and O–H groups in total. The summed E-state index contributed by atoms with van der Waals surface area (Å²) < 4.78 is 6.58. The van der Waals surface area contributed by atoms with E-state index in [0.717, 1.165) is 21.5 Å². The lowest BCUT2D eigenvalue weighted by molar-refractivity contribution is -0.119. The third-order valence-electron chi connectivity index (χ3n) is 4.84. The minimum Gasteiger partial charge on any atom is -0.493 e. The Morgan fingerprint density at radius 1 is 1.21 bits per heavy atom. The van der Waals surface area contributed by atoms with Gasteiger partial charge < -0.3 is 15.8 Å². The molecule has 0 aliphatic carbocycles. The number of nitrogens with two attached hydrogens (primary N) is 1. The van der Waals surface area contributed by atoms with Crippen LogP contribution in [0.1, 0.15) is 24.4 Å². The summed E-state index contributed by atoms with van der Waals surface area (Å²) in [5.41, 5.74) is 7.47. The van der Waals surface area contributed by atoms with Crippen LogP contribution in [0.2, 0.25) is 0 Å². The van der Waals surface area contributed by atoms with Gasteiger partial charge in [-0.2, -0.15) is 5.10 Å². The number of anilines is 1. The summed E-state index contributed by atoms with van der Waals surface area (Å²) >= 11 is 3.46. The van der Waals surface area contributed by atoms with E-state index in [0.29, 0.717) is 13.0 Å². The predicted octanol–water partition coefficient (Wildman–Crippen LogP) is 2.51. The van der Waals surface area contributed by atoms with Crippen molar-refractivity contribution in [2.24, 2.45) is 10.8 Å². The van der Waals surface area contributed by atoms with Crippen molar-refractivity contribution in [2.75, 3.05) is 11.6 Å². The SMILES string of the molecule is NC(=O)C1CC(C(=O)NC2CCOc3ccc(Br)cc32)=NN1c1ccccc1. The molecule has 8 heteroatoms. The standard InChI is InChI=1S/C20H19BrN4O3/c21-12-6-7-18-14(10-12)15(8-9-28-18)23-20(27)16-11-17(19(22)26)25(24-16)13-4-2-1-3-5-13/h1-7,10,15,17H,8-9,11H2,(H2,22,26)(H,23,27). The maximum Gasteiger partial charge on any atom is 0.268 e. The number of hydrazone groups is 1. The van der Waals surface area contributed by atoms with E-state index in [-0.39, 0.29) is 24.1 Å². The van der Waals surface area contributed by atoms with Crippen molar-refractivity contribution in [3.05, 3.63) is 58.6 Å². The van der Waals surface area contributed by atoms with Crippen molar-refractivity contribution in [1.82, 2.24) is 5.32 Å². The molecule has 2 heterocycles. The van der Waals surface area contributed by atoms with Crippen LogP contribution in [-0.4, -0.2) is 30.2 Å². The lowest BCUT2D eigenvalue weighted by Crippen LogP contribution is -2.40. The number of halogens is 1. The summed E-state index contributed by atoms with van der Waals surface area (Å²) in [6, 6.07) is 14.1. The van der Waals surface area contributed by atoms with Crippen LogP contribution in [-0.2, 0) is 9.59 Å². The molecule has 2 atom stereocenters. The summed E-state index contributed by atoms with van der Waals surface area (Å²) in [6.07, 6.45) is 0.828. The van der Waals surface area contributed by atoms with E-state index in [1.54, 1.807) is 0 Å². The van der Waals surface area contributed by atoms with Crippen LogP contribution in [0.3, 0.4) is 0 Å². The van der Waals surface area contributed by atoms with E-state index < -0.39 is 11.9 Å². The number of primary amides is 1. The number of rotatable bonds is 4.